The first-order chi connectivity index (χ1) is 17.2. The van der Waals surface area contributed by atoms with Crippen molar-refractivity contribution in [3.63, 3.8) is 0 Å². The molecular weight excluding hydrogens is 440 g/mol. The summed E-state index contributed by atoms with van der Waals surface area (Å²) in [7, 11) is 2.06. The molecule has 0 aromatic rings. The summed E-state index contributed by atoms with van der Waals surface area (Å²) in [5.41, 5.74) is 7.12. The minimum Gasteiger partial charge on any atom is -0.353 e. The lowest BCUT2D eigenvalue weighted by Gasteiger charge is -2.35. The number of likely N-dealkylation sites (N-methyl/N-ethyl adjacent to an activating group) is 1. The first-order valence-corrected chi connectivity index (χ1v) is 14.1. The third-order valence-electron chi connectivity index (χ3n) is 7.00. The average Bonchev–Trinajstić information content (AvgIpc) is 2.90. The van der Waals surface area contributed by atoms with Gasteiger partial charge in [-0.2, -0.15) is 0 Å². The van der Waals surface area contributed by atoms with Crippen molar-refractivity contribution in [3.8, 4) is 0 Å². The van der Waals surface area contributed by atoms with Crippen molar-refractivity contribution < 1.29 is 6.22 Å². The number of carbonyl (C=O) groups is 1. The molecule has 1 aliphatic heterocycles. The van der Waals surface area contributed by atoms with Crippen molar-refractivity contribution >= 4 is 11.5 Å². The van der Waals surface area contributed by atoms with E-state index in [-0.39, 0.29) is 13.4 Å². The van der Waals surface area contributed by atoms with Gasteiger partial charge in [-0.3, -0.25) is 4.79 Å². The Morgan fingerprint density at radius 1 is 1.17 bits per heavy atom. The molecule has 204 valence electrons. The maximum Gasteiger partial charge on any atom is 0.165 e. The molecule has 2 aliphatic rings. The van der Waals surface area contributed by atoms with E-state index in [1.54, 1.807) is 6.08 Å². The zero-order valence-electron chi connectivity index (χ0n) is 25.0. The van der Waals surface area contributed by atoms with Gasteiger partial charge < -0.3 is 4.90 Å². The molecule has 0 saturated heterocycles. The lowest BCUT2D eigenvalue weighted by Crippen LogP contribution is -2.37. The Labute approximate surface area is 225 Å². The van der Waals surface area contributed by atoms with E-state index in [1.165, 1.54) is 24.0 Å². The average molecular weight is 497 g/mol. The third kappa shape index (κ3) is 9.56. The largest absolute Gasteiger partial charge is 0.353 e. The molecule has 3 heteroatoms. The van der Waals surface area contributed by atoms with Gasteiger partial charge in [0.25, 0.3) is 0 Å². The van der Waals surface area contributed by atoms with Gasteiger partial charge >= 0.3 is 0 Å². The highest BCUT2D eigenvalue weighted by molar-refractivity contribution is 6.06. The summed E-state index contributed by atoms with van der Waals surface area (Å²) in [5.74, 6) is 1.41. The minimum atomic E-state index is 0. The molecule has 0 aromatic carbocycles. The van der Waals surface area contributed by atoms with Crippen LogP contribution in [-0.4, -0.2) is 29.5 Å². The standard InChI is InChI=1S/C29H42N2O.2C2H6.H2/c1-9-15-28-30-26(19-27(20(3)4)31(28)8)21(5)16-13-11-12-14-17-24(10-2)18-25-22(6)23(7)29(25)32;2*1-2;/h9,15,17,23,27H,1,3,5,10-14,16,18-19H2,2,4,6-8H3;2*1-2H3;1H/b24-17+,28-15-;;;. The lowest BCUT2D eigenvalue weighted by atomic mass is 9.75. The summed E-state index contributed by atoms with van der Waals surface area (Å²) in [6, 6.07) is 0.257. The van der Waals surface area contributed by atoms with Gasteiger partial charge in [0.1, 0.15) is 5.82 Å². The van der Waals surface area contributed by atoms with Crippen LogP contribution in [0.2, 0.25) is 0 Å². The van der Waals surface area contributed by atoms with E-state index in [0.717, 1.165) is 66.8 Å². The number of rotatable bonds is 12. The highest BCUT2D eigenvalue weighted by atomic mass is 16.1. The van der Waals surface area contributed by atoms with Gasteiger partial charge in [-0.1, -0.05) is 96.6 Å². The zero-order valence-corrected chi connectivity index (χ0v) is 25.0. The van der Waals surface area contributed by atoms with Gasteiger partial charge in [0.2, 0.25) is 0 Å². The van der Waals surface area contributed by atoms with Crippen molar-refractivity contribution in [1.29, 1.82) is 0 Å². The van der Waals surface area contributed by atoms with Crippen molar-refractivity contribution in [3.05, 3.63) is 71.7 Å². The van der Waals surface area contributed by atoms with E-state index in [4.69, 9.17) is 4.99 Å². The van der Waals surface area contributed by atoms with Crippen molar-refractivity contribution in [2.45, 2.75) is 113 Å². The predicted octanol–water partition coefficient (Wildman–Crippen LogP) is 9.80. The van der Waals surface area contributed by atoms with E-state index in [2.05, 4.69) is 58.5 Å². The van der Waals surface area contributed by atoms with Crippen molar-refractivity contribution in [2.75, 3.05) is 7.05 Å². The van der Waals surface area contributed by atoms with Crippen LogP contribution in [0.25, 0.3) is 0 Å². The quantitative estimate of drug-likeness (QED) is 0.199. The maximum absolute atomic E-state index is 12.0. The molecule has 0 spiro atoms. The molecule has 36 heavy (non-hydrogen) atoms. The second kappa shape index (κ2) is 17.9. The number of nitrogens with zero attached hydrogens (tertiary/aromatic N) is 2. The lowest BCUT2D eigenvalue weighted by molar-refractivity contribution is -0.120. The second-order valence-corrected chi connectivity index (χ2v) is 9.34. The topological polar surface area (TPSA) is 32.7 Å². The van der Waals surface area contributed by atoms with Crippen LogP contribution in [-0.2, 0) is 4.79 Å². The Balaban J connectivity index is 0. The highest BCUT2D eigenvalue weighted by Crippen LogP contribution is 2.35. The molecule has 2 atom stereocenters. The Morgan fingerprint density at radius 3 is 2.33 bits per heavy atom. The summed E-state index contributed by atoms with van der Waals surface area (Å²) in [5, 5.41) is 0. The molecule has 2 rings (SSSR count). The van der Waals surface area contributed by atoms with Crippen LogP contribution < -0.4 is 0 Å². The fraction of sp³-hybridized carbons (Fsp3) is 0.576. The van der Waals surface area contributed by atoms with Crippen molar-refractivity contribution in [2.24, 2.45) is 10.9 Å². The Morgan fingerprint density at radius 2 is 1.81 bits per heavy atom. The molecule has 3 nitrogen and oxygen atoms in total. The number of ketones is 1. The van der Waals surface area contributed by atoms with Crippen LogP contribution in [0.5, 0.6) is 0 Å². The Kier molecular flexibility index (Phi) is 16.7. The van der Waals surface area contributed by atoms with Crippen LogP contribution in [0.1, 0.15) is 108 Å². The first-order valence-electron chi connectivity index (χ1n) is 14.1. The minimum absolute atomic E-state index is 0. The number of aliphatic imine (C=N–C) groups is 1. The first kappa shape index (κ1) is 33.6. The molecule has 0 amide bonds. The van der Waals surface area contributed by atoms with Crippen LogP contribution in [0.15, 0.2) is 76.6 Å². The van der Waals surface area contributed by atoms with Crippen LogP contribution in [0, 0.1) is 5.92 Å². The highest BCUT2D eigenvalue weighted by Gasteiger charge is 2.32. The summed E-state index contributed by atoms with van der Waals surface area (Å²) in [4.78, 5) is 19.1. The molecule has 1 aliphatic carbocycles. The summed E-state index contributed by atoms with van der Waals surface area (Å²) in [6.45, 7) is 28.7. The van der Waals surface area contributed by atoms with E-state index >= 15 is 0 Å². The molecule has 2 unspecified atom stereocenters. The number of allylic oxidation sites excluding steroid dienone is 7. The number of unbranched alkanes of at least 4 members (excludes halogenated alkanes) is 3. The number of carbonyl (C=O) groups excluding carboxylic acids is 1. The van der Waals surface area contributed by atoms with E-state index in [9.17, 15) is 4.79 Å². The van der Waals surface area contributed by atoms with Gasteiger partial charge in [0.05, 0.1) is 6.04 Å². The third-order valence-corrected chi connectivity index (χ3v) is 7.00. The monoisotopic (exact) mass is 496 g/mol. The van der Waals surface area contributed by atoms with Crippen molar-refractivity contribution in [1.82, 2.24) is 4.90 Å². The second-order valence-electron chi connectivity index (χ2n) is 9.34. The SMILES string of the molecule is C=C/C=C1/N=C(C(=C)CCCCC/C=C(\CC)CC2=C(C)C(C)C2=O)CC(C(=C)C)N1C.CC.CC.[HH]. The summed E-state index contributed by atoms with van der Waals surface area (Å²) < 4.78 is 0. The molecule has 0 bridgehead atoms. The van der Waals surface area contributed by atoms with Crippen LogP contribution in [0.4, 0.5) is 0 Å². The van der Waals surface area contributed by atoms with E-state index in [1.807, 2.05) is 40.7 Å². The number of Topliss-reactive ketones (excluding diaryl/α,β-unsaturated/α-hetero) is 1. The zero-order chi connectivity index (χ0) is 27.8. The van der Waals surface area contributed by atoms with Gasteiger partial charge in [-0.15, -0.1) is 0 Å². The Bertz CT molecular complexity index is 888. The molecule has 1 heterocycles. The van der Waals surface area contributed by atoms with Gasteiger partial charge in [0, 0.05) is 26.5 Å². The molecule has 0 N–H and O–H groups in total. The fourth-order valence-corrected chi connectivity index (χ4v) is 4.47. The van der Waals surface area contributed by atoms with Crippen LogP contribution in [0.3, 0.4) is 0 Å². The maximum atomic E-state index is 12.0. The van der Waals surface area contributed by atoms with E-state index < -0.39 is 0 Å². The molecule has 0 fully saturated rings. The predicted molar refractivity (Wildman–Crippen MR) is 164 cm³/mol. The smallest absolute Gasteiger partial charge is 0.165 e. The summed E-state index contributed by atoms with van der Waals surface area (Å²) >= 11 is 0. The molecular formula is C33H56N2O. The van der Waals surface area contributed by atoms with Gasteiger partial charge in [-0.25, -0.2) is 4.99 Å². The number of hydrogen-bond acceptors (Lipinski definition) is 3. The van der Waals surface area contributed by atoms with Gasteiger partial charge in [-0.05, 0) is 69.6 Å². The summed E-state index contributed by atoms with van der Waals surface area (Å²) in [6.07, 6.45) is 14.4. The molecule has 0 aromatic heterocycles. The van der Waals surface area contributed by atoms with Crippen LogP contribution >= 0.6 is 0 Å². The molecule has 0 radical (unpaired) electrons. The van der Waals surface area contributed by atoms with E-state index in [0.29, 0.717) is 5.78 Å². The number of hydrogen-bond donors (Lipinski definition) is 0. The normalized spacial score (nSPS) is 20.5. The van der Waals surface area contributed by atoms with Gasteiger partial charge in [0.15, 0.2) is 5.78 Å². The fourth-order valence-electron chi connectivity index (χ4n) is 4.47. The Hall–Kier alpha value is -2.42. The molecule has 0 saturated carbocycles.